The van der Waals surface area contributed by atoms with Crippen LogP contribution in [0.2, 0.25) is 0 Å². The van der Waals surface area contributed by atoms with E-state index in [0.717, 1.165) is 5.56 Å². The summed E-state index contributed by atoms with van der Waals surface area (Å²) in [5.74, 6) is 0.923. The highest BCUT2D eigenvalue weighted by molar-refractivity contribution is 5.93. The lowest BCUT2D eigenvalue weighted by Crippen LogP contribution is -2.30. The maximum Gasteiger partial charge on any atom is 0.257 e. The first-order valence-corrected chi connectivity index (χ1v) is 12.0. The van der Waals surface area contributed by atoms with Crippen molar-refractivity contribution in [3.05, 3.63) is 60.4 Å². The molecule has 0 aliphatic rings. The Hall–Kier alpha value is -3.76. The third-order valence-electron chi connectivity index (χ3n) is 5.36. The lowest BCUT2D eigenvalue weighted by atomic mass is 10.1. The molecular formula is C26H32N4O6. The van der Waals surface area contributed by atoms with Crippen LogP contribution in [0.3, 0.4) is 0 Å². The van der Waals surface area contributed by atoms with E-state index in [-0.39, 0.29) is 25.3 Å². The maximum absolute atomic E-state index is 13.2. The van der Waals surface area contributed by atoms with E-state index in [2.05, 4.69) is 10.1 Å². The topological polar surface area (TPSA) is 127 Å². The van der Waals surface area contributed by atoms with Gasteiger partial charge >= 0.3 is 0 Å². The summed E-state index contributed by atoms with van der Waals surface area (Å²) >= 11 is 0. The van der Waals surface area contributed by atoms with E-state index in [4.69, 9.17) is 19.2 Å². The minimum atomic E-state index is -0.433. The molecule has 10 heteroatoms. The van der Waals surface area contributed by atoms with E-state index in [9.17, 15) is 9.59 Å². The van der Waals surface area contributed by atoms with E-state index in [0.29, 0.717) is 62.2 Å². The van der Waals surface area contributed by atoms with Gasteiger partial charge in [-0.2, -0.15) is 4.98 Å². The van der Waals surface area contributed by atoms with Gasteiger partial charge in [-0.25, -0.2) is 5.48 Å². The number of nitrogens with zero attached hydrogens (tertiary/aromatic N) is 3. The molecule has 3 aromatic rings. The summed E-state index contributed by atoms with van der Waals surface area (Å²) in [6, 6.07) is 16.7. The molecule has 1 heterocycles. The SMILES string of the molecule is CCOCCOc1ccc(N(Cc2noc(-c3ccccc3)n2)C(=O)CCCCCC(=O)NO)cc1. The minimum Gasteiger partial charge on any atom is -0.491 e. The van der Waals surface area contributed by atoms with Crippen molar-refractivity contribution in [1.29, 1.82) is 0 Å². The van der Waals surface area contributed by atoms with Crippen molar-refractivity contribution >= 4 is 17.5 Å². The predicted octanol–water partition coefficient (Wildman–Crippen LogP) is 4.14. The highest BCUT2D eigenvalue weighted by Crippen LogP contribution is 2.24. The Bertz CT molecular complexity index is 1070. The molecule has 0 aliphatic heterocycles. The van der Waals surface area contributed by atoms with Crippen molar-refractivity contribution < 1.29 is 28.8 Å². The van der Waals surface area contributed by atoms with Gasteiger partial charge in [-0.1, -0.05) is 29.8 Å². The molecule has 0 spiro atoms. The number of ether oxygens (including phenoxy) is 2. The fraction of sp³-hybridized carbons (Fsp3) is 0.385. The lowest BCUT2D eigenvalue weighted by Gasteiger charge is -2.22. The number of rotatable bonds is 15. The van der Waals surface area contributed by atoms with Crippen LogP contribution in [0, 0.1) is 0 Å². The second kappa shape index (κ2) is 14.6. The van der Waals surface area contributed by atoms with E-state index in [1.165, 1.54) is 0 Å². The fourth-order valence-electron chi connectivity index (χ4n) is 3.50. The van der Waals surface area contributed by atoms with Gasteiger partial charge in [0.1, 0.15) is 12.4 Å². The van der Waals surface area contributed by atoms with Crippen molar-refractivity contribution in [1.82, 2.24) is 15.6 Å². The summed E-state index contributed by atoms with van der Waals surface area (Å²) in [5, 5.41) is 12.7. The molecule has 2 amide bonds. The Morgan fingerprint density at radius 1 is 1.00 bits per heavy atom. The van der Waals surface area contributed by atoms with Crippen molar-refractivity contribution in [2.75, 3.05) is 24.7 Å². The number of unbranched alkanes of at least 4 members (excludes halogenated alkanes) is 2. The first kappa shape index (κ1) is 26.8. The second-order valence-corrected chi connectivity index (χ2v) is 8.00. The first-order valence-electron chi connectivity index (χ1n) is 12.0. The monoisotopic (exact) mass is 496 g/mol. The Morgan fingerprint density at radius 2 is 1.75 bits per heavy atom. The molecule has 2 aromatic carbocycles. The Morgan fingerprint density at radius 3 is 2.47 bits per heavy atom. The fourth-order valence-corrected chi connectivity index (χ4v) is 3.50. The van der Waals surface area contributed by atoms with Crippen LogP contribution in [0.4, 0.5) is 5.69 Å². The molecule has 2 N–H and O–H groups in total. The summed E-state index contributed by atoms with van der Waals surface area (Å²) in [5.41, 5.74) is 3.10. The van der Waals surface area contributed by atoms with Crippen LogP contribution in [0.1, 0.15) is 44.9 Å². The van der Waals surface area contributed by atoms with Crippen LogP contribution < -0.4 is 15.1 Å². The van der Waals surface area contributed by atoms with Gasteiger partial charge in [-0.05, 0) is 56.2 Å². The van der Waals surface area contributed by atoms with Crippen molar-refractivity contribution in [3.8, 4) is 17.2 Å². The van der Waals surface area contributed by atoms with Gasteiger partial charge in [0, 0.05) is 30.7 Å². The third-order valence-corrected chi connectivity index (χ3v) is 5.36. The summed E-state index contributed by atoms with van der Waals surface area (Å²) in [7, 11) is 0. The van der Waals surface area contributed by atoms with Crippen molar-refractivity contribution in [3.63, 3.8) is 0 Å². The van der Waals surface area contributed by atoms with Crippen LogP contribution in [0.25, 0.3) is 11.5 Å². The molecule has 0 aliphatic carbocycles. The van der Waals surface area contributed by atoms with Crippen molar-refractivity contribution in [2.45, 2.75) is 45.6 Å². The smallest absolute Gasteiger partial charge is 0.257 e. The molecule has 1 aromatic heterocycles. The van der Waals surface area contributed by atoms with Gasteiger partial charge < -0.3 is 18.9 Å². The minimum absolute atomic E-state index is 0.0994. The van der Waals surface area contributed by atoms with Gasteiger partial charge in [0.25, 0.3) is 5.89 Å². The van der Waals surface area contributed by atoms with Gasteiger partial charge in [0.2, 0.25) is 11.8 Å². The zero-order valence-electron chi connectivity index (χ0n) is 20.4. The van der Waals surface area contributed by atoms with Gasteiger partial charge in [0.05, 0.1) is 13.2 Å². The number of hydrogen-bond acceptors (Lipinski definition) is 8. The number of hydrogen-bond donors (Lipinski definition) is 2. The van der Waals surface area contributed by atoms with Crippen molar-refractivity contribution in [2.24, 2.45) is 0 Å². The predicted molar refractivity (Wildman–Crippen MR) is 132 cm³/mol. The molecule has 0 saturated carbocycles. The molecule has 0 bridgehead atoms. The number of amides is 2. The largest absolute Gasteiger partial charge is 0.491 e. The molecule has 0 unspecified atom stereocenters. The molecule has 0 radical (unpaired) electrons. The van der Waals surface area contributed by atoms with E-state index < -0.39 is 5.91 Å². The van der Waals surface area contributed by atoms with Crippen LogP contribution in [0.15, 0.2) is 59.1 Å². The zero-order valence-corrected chi connectivity index (χ0v) is 20.4. The average Bonchev–Trinajstić information content (AvgIpc) is 3.39. The number of carbonyl (C=O) groups excluding carboxylic acids is 2. The van der Waals surface area contributed by atoms with E-state index >= 15 is 0 Å². The van der Waals surface area contributed by atoms with Crippen LogP contribution in [0.5, 0.6) is 5.75 Å². The average molecular weight is 497 g/mol. The summed E-state index contributed by atoms with van der Waals surface area (Å²) in [6.45, 7) is 3.65. The lowest BCUT2D eigenvalue weighted by molar-refractivity contribution is -0.129. The number of anilines is 1. The highest BCUT2D eigenvalue weighted by Gasteiger charge is 2.20. The standard InChI is InChI=1S/C26H32N4O6/c1-2-34-17-18-35-22-15-13-21(14-16-22)30(25(32)12-8-4-7-11-24(31)28-33)19-23-27-26(36-29-23)20-9-5-3-6-10-20/h3,5-6,9-10,13-16,33H,2,4,7-8,11-12,17-19H2,1H3,(H,28,31). The van der Waals surface area contributed by atoms with E-state index in [1.54, 1.807) is 22.5 Å². The summed E-state index contributed by atoms with van der Waals surface area (Å²) < 4.78 is 16.4. The Balaban J connectivity index is 1.67. The number of hydroxylamine groups is 1. The van der Waals surface area contributed by atoms with E-state index in [1.807, 2.05) is 49.4 Å². The maximum atomic E-state index is 13.2. The van der Waals surface area contributed by atoms with Gasteiger partial charge in [0.15, 0.2) is 5.82 Å². The molecule has 0 fully saturated rings. The zero-order chi connectivity index (χ0) is 25.6. The highest BCUT2D eigenvalue weighted by atomic mass is 16.5. The Kier molecular flexibility index (Phi) is 10.9. The van der Waals surface area contributed by atoms with Crippen LogP contribution in [-0.2, 0) is 20.9 Å². The van der Waals surface area contributed by atoms with Crippen LogP contribution >= 0.6 is 0 Å². The summed E-state index contributed by atoms with van der Waals surface area (Å²) in [4.78, 5) is 30.4. The molecule has 36 heavy (non-hydrogen) atoms. The third kappa shape index (κ3) is 8.47. The number of carbonyl (C=O) groups is 2. The number of nitrogens with one attached hydrogen (secondary N) is 1. The molecule has 0 saturated heterocycles. The molecule has 192 valence electrons. The number of aromatic nitrogens is 2. The quantitative estimate of drug-likeness (QED) is 0.183. The van der Waals surface area contributed by atoms with Gasteiger partial charge in [-0.15, -0.1) is 0 Å². The van der Waals surface area contributed by atoms with Crippen LogP contribution in [-0.4, -0.2) is 47.0 Å². The summed E-state index contributed by atoms with van der Waals surface area (Å²) in [6.07, 6.45) is 2.37. The normalized spacial score (nSPS) is 10.7. The number of benzene rings is 2. The molecule has 3 rings (SSSR count). The molecule has 10 nitrogen and oxygen atoms in total. The Labute approximate surface area is 210 Å². The molecule has 0 atom stereocenters. The molecular weight excluding hydrogens is 464 g/mol. The first-order chi connectivity index (χ1) is 17.6. The van der Waals surface area contributed by atoms with Gasteiger partial charge in [-0.3, -0.25) is 14.8 Å². The second-order valence-electron chi connectivity index (χ2n) is 8.00.